The predicted molar refractivity (Wildman–Crippen MR) is 345 cm³/mol. The van der Waals surface area contributed by atoms with Crippen LogP contribution in [0.4, 0.5) is 0 Å². The minimum absolute atomic E-state index is 0.0367. The molecule has 25 nitrogen and oxygen atoms in total. The summed E-state index contributed by atoms with van der Waals surface area (Å²) in [4.78, 5) is 175. The molecule has 0 aromatic carbocycles. The molecule has 12 amide bonds. The van der Waals surface area contributed by atoms with Gasteiger partial charge in [0.1, 0.15) is 5.78 Å². The van der Waals surface area contributed by atoms with Crippen LogP contribution in [0.1, 0.15) is 168 Å². The summed E-state index contributed by atoms with van der Waals surface area (Å²) in [5.41, 5.74) is -6.02. The van der Waals surface area contributed by atoms with Gasteiger partial charge in [-0.3, -0.25) is 57.5 Å². The normalized spacial score (nSPS) is 10.6. The highest BCUT2D eigenvalue weighted by Crippen LogP contribution is 2.32. The van der Waals surface area contributed by atoms with Crippen LogP contribution in [-0.2, 0) is 62.3 Å². The Kier molecular flexibility index (Phi) is 41.6. The number of hydrogen-bond donors (Lipinski definition) is 12. The third-order valence-electron chi connectivity index (χ3n) is 14.8. The van der Waals surface area contributed by atoms with Crippen molar-refractivity contribution in [3.05, 3.63) is 0 Å². The van der Waals surface area contributed by atoms with E-state index in [2.05, 4.69) is 111 Å². The predicted octanol–water partition coefficient (Wildman–Crippen LogP) is -0.627. The van der Waals surface area contributed by atoms with Crippen LogP contribution in [-0.4, -0.2) is 151 Å². The smallest absolute Gasteiger partial charge is 0.220 e. The molecule has 12 N–H and O–H groups in total. The molecule has 0 unspecified atom stereocenters. The summed E-state index contributed by atoms with van der Waals surface area (Å²) >= 11 is 0. The van der Waals surface area contributed by atoms with Gasteiger partial charge >= 0.3 is 0 Å². The Morgan fingerprint density at radius 2 is 0.370 bits per heavy atom. The average molecular weight is 1270 g/mol. The molecule has 0 fully saturated rings. The maximum absolute atomic E-state index is 14.8. The van der Waals surface area contributed by atoms with Crippen LogP contribution in [0.15, 0.2) is 0 Å². The largest absolute Gasteiger partial charge is 0.351 e. The molecule has 0 spiro atoms. The number of hydrogen-bond acceptors (Lipinski definition) is 13. The van der Waals surface area contributed by atoms with Crippen molar-refractivity contribution in [3.63, 3.8) is 0 Å². The number of Topliss-reactive ketones (excluding diaryl/α,β-unsaturated/α-hetero) is 1. The van der Waals surface area contributed by atoms with Crippen molar-refractivity contribution < 1.29 is 62.3 Å². The van der Waals surface area contributed by atoms with Crippen molar-refractivity contribution in [1.82, 2.24) is 63.8 Å². The molecule has 0 aromatic heterocycles. The second kappa shape index (κ2) is 46.8. The van der Waals surface area contributed by atoms with Crippen LogP contribution >= 0.6 is 0 Å². The van der Waals surface area contributed by atoms with Crippen molar-refractivity contribution in [2.75, 3.05) is 52.4 Å². The highest BCUT2D eigenvalue weighted by molar-refractivity contribution is 5.84. The molecular weight excluding hydrogens is 1180 g/mol. The molecule has 0 saturated heterocycles. The van der Waals surface area contributed by atoms with E-state index in [4.69, 9.17) is 51.4 Å². The SMILES string of the molecule is C#CCNC(=O)CCC(CCC(C)=O)(CCC(=O)NCC#C)NC(=O)CCC(CCC(=O)NC(CCC(=O)NCC#C)(CCC(=O)NCC#C)CCC(=O)NCC#C)(CCC(=O)NC(CCC(=O)NCC#C)(CCC(=O)NCC#C)CCC(=O)NCC#C)NC(C)=O. The average Bonchev–Trinajstić information content (AvgIpc) is 0.888. The van der Waals surface area contributed by atoms with Crippen LogP contribution in [0.25, 0.3) is 0 Å². The van der Waals surface area contributed by atoms with Crippen molar-refractivity contribution >= 4 is 76.7 Å². The van der Waals surface area contributed by atoms with Gasteiger partial charge in [0, 0.05) is 106 Å². The Labute approximate surface area is 542 Å². The minimum atomic E-state index is -1.67. The lowest BCUT2D eigenvalue weighted by molar-refractivity contribution is -0.129. The van der Waals surface area contributed by atoms with E-state index in [1.165, 1.54) is 6.92 Å². The zero-order valence-electron chi connectivity index (χ0n) is 53.1. The fourth-order valence-corrected chi connectivity index (χ4v) is 9.90. The maximum Gasteiger partial charge on any atom is 0.220 e. The van der Waals surface area contributed by atoms with Crippen LogP contribution in [0.3, 0.4) is 0 Å². The Morgan fingerprint density at radius 1 is 0.228 bits per heavy atom. The first kappa shape index (κ1) is 81.8. The van der Waals surface area contributed by atoms with E-state index in [1.807, 2.05) is 0 Å². The zero-order chi connectivity index (χ0) is 69.3. The summed E-state index contributed by atoms with van der Waals surface area (Å²) in [6.07, 6.45) is 37.6. The number of rotatable bonds is 48. The van der Waals surface area contributed by atoms with E-state index in [-0.39, 0.29) is 193 Å². The Balaban J connectivity index is 8.25. The molecule has 0 aliphatic carbocycles. The second-order valence-electron chi connectivity index (χ2n) is 22.0. The quantitative estimate of drug-likeness (QED) is 0.0338. The third-order valence-corrected chi connectivity index (χ3v) is 14.8. The van der Waals surface area contributed by atoms with Gasteiger partial charge in [0.15, 0.2) is 0 Å². The van der Waals surface area contributed by atoms with Gasteiger partial charge < -0.3 is 68.6 Å². The van der Waals surface area contributed by atoms with Gasteiger partial charge in [-0.05, 0) is 84.0 Å². The van der Waals surface area contributed by atoms with Crippen molar-refractivity contribution in [3.8, 4) is 98.8 Å². The van der Waals surface area contributed by atoms with Gasteiger partial charge in [0.2, 0.25) is 70.9 Å². The van der Waals surface area contributed by atoms with E-state index < -0.39 is 112 Å². The summed E-state index contributed by atoms with van der Waals surface area (Å²) in [7, 11) is 0. The number of nitrogens with one attached hydrogen (secondary N) is 12. The molecule has 92 heavy (non-hydrogen) atoms. The second-order valence-corrected chi connectivity index (χ2v) is 22.0. The first-order valence-corrected chi connectivity index (χ1v) is 30.1. The van der Waals surface area contributed by atoms with E-state index >= 15 is 0 Å². The standard InChI is InChI=1S/C67H90N12O13/c1-11-43-68-53(82)20-32-65(31-19-51(9)80,33-21-54(83)69-44-12-2)77-61(90)28-40-64(76-52(10)81,41-29-62(91)78-66(34-22-55(84)70-45-13-3,35-23-56(85)71-46-14-4)36-24-57(86)72-47-15-5)42-30-63(92)79-67(37-25-58(87)73-48-16-6,38-26-59(88)74-49-17-7)39-27-60(89)75-50-18-8/h1-8H,19-50H2,9-10H3,(H,68,82)(H,69,83)(H,70,84)(H,71,85)(H,72,86)(H,73,87)(H,74,88)(H,75,89)(H,76,81)(H,77,90)(H,78,91)(H,79,92). The van der Waals surface area contributed by atoms with Gasteiger partial charge in [0.25, 0.3) is 0 Å². The van der Waals surface area contributed by atoms with Gasteiger partial charge in [0.05, 0.1) is 52.4 Å². The molecule has 0 aromatic rings. The van der Waals surface area contributed by atoms with Crippen LogP contribution < -0.4 is 63.8 Å². The molecular formula is C67H90N12O13. The van der Waals surface area contributed by atoms with Gasteiger partial charge in [-0.1, -0.05) is 47.4 Å². The number of amides is 12. The zero-order valence-corrected chi connectivity index (χ0v) is 53.1. The minimum Gasteiger partial charge on any atom is -0.351 e. The van der Waals surface area contributed by atoms with Crippen molar-refractivity contribution in [2.24, 2.45) is 0 Å². The summed E-state index contributed by atoms with van der Waals surface area (Å²) in [5, 5.41) is 32.3. The topological polar surface area (TPSA) is 366 Å². The molecule has 0 atom stereocenters. The summed E-state index contributed by atoms with van der Waals surface area (Å²) < 4.78 is 0. The number of carbonyl (C=O) groups excluding carboxylic acids is 13. The first-order chi connectivity index (χ1) is 43.8. The van der Waals surface area contributed by atoms with Crippen molar-refractivity contribution in [2.45, 2.75) is 190 Å². The molecule has 0 radical (unpaired) electrons. The molecule has 0 aliphatic rings. The van der Waals surface area contributed by atoms with Crippen LogP contribution in [0.2, 0.25) is 0 Å². The highest BCUT2D eigenvalue weighted by Gasteiger charge is 2.40. The van der Waals surface area contributed by atoms with E-state index in [9.17, 15) is 62.3 Å². The number of ketones is 1. The van der Waals surface area contributed by atoms with E-state index in [0.717, 1.165) is 6.92 Å². The molecule has 25 heteroatoms. The first-order valence-electron chi connectivity index (χ1n) is 30.1. The lowest BCUT2D eigenvalue weighted by Crippen LogP contribution is -2.54. The van der Waals surface area contributed by atoms with Gasteiger partial charge in [-0.2, -0.15) is 0 Å². The summed E-state index contributed by atoms with van der Waals surface area (Å²) in [6.45, 7) is 1.50. The van der Waals surface area contributed by atoms with Crippen LogP contribution in [0.5, 0.6) is 0 Å². The molecule has 0 rings (SSSR count). The lowest BCUT2D eigenvalue weighted by atomic mass is 9.80. The fraction of sp³-hybridized carbons (Fsp3) is 0.567. The number of carbonyl (C=O) groups is 13. The molecule has 0 heterocycles. The molecule has 0 bridgehead atoms. The summed E-state index contributed by atoms with van der Waals surface area (Å²) in [6, 6.07) is 0. The van der Waals surface area contributed by atoms with E-state index in [0.29, 0.717) is 0 Å². The summed E-state index contributed by atoms with van der Waals surface area (Å²) in [5.74, 6) is 11.2. The van der Waals surface area contributed by atoms with Crippen LogP contribution in [0, 0.1) is 98.8 Å². The lowest BCUT2D eigenvalue weighted by Gasteiger charge is -2.39. The van der Waals surface area contributed by atoms with Gasteiger partial charge in [-0.15, -0.1) is 51.4 Å². The third kappa shape index (κ3) is 38.3. The van der Waals surface area contributed by atoms with E-state index in [1.54, 1.807) is 0 Å². The number of terminal acetylenes is 8. The molecule has 496 valence electrons. The van der Waals surface area contributed by atoms with Gasteiger partial charge in [-0.25, -0.2) is 0 Å². The molecule has 0 aliphatic heterocycles. The fourth-order valence-electron chi connectivity index (χ4n) is 9.90. The Morgan fingerprint density at radius 3 is 0.511 bits per heavy atom. The molecule has 0 saturated carbocycles. The monoisotopic (exact) mass is 1270 g/mol. The van der Waals surface area contributed by atoms with Crippen molar-refractivity contribution in [1.29, 1.82) is 0 Å². The highest BCUT2D eigenvalue weighted by atomic mass is 16.2. The Hall–Kier alpha value is -10.2. The Bertz CT molecular complexity index is 2590. The maximum atomic E-state index is 14.8.